The zero-order chi connectivity index (χ0) is 18.6. The quantitative estimate of drug-likeness (QED) is 0.122. The van der Waals surface area contributed by atoms with Gasteiger partial charge in [-0.2, -0.15) is 0 Å². The smallest absolute Gasteiger partial charge is 0.305 e. The van der Waals surface area contributed by atoms with Crippen molar-refractivity contribution in [2.24, 2.45) is 0 Å². The molecule has 3 nitrogen and oxygen atoms in total. The molecule has 0 aliphatic heterocycles. The maximum Gasteiger partial charge on any atom is 0.305 e. The Kier molecular flexibility index (Phi) is 19.7. The predicted molar refractivity (Wildman–Crippen MR) is 110 cm³/mol. The van der Waals surface area contributed by atoms with Gasteiger partial charge in [-0.15, -0.1) is 0 Å². The van der Waals surface area contributed by atoms with E-state index in [1.165, 1.54) is 70.6 Å². The monoisotopic (exact) mass is 418 g/mol. The summed E-state index contributed by atoms with van der Waals surface area (Å²) in [5.41, 5.74) is 0. The van der Waals surface area contributed by atoms with Gasteiger partial charge < -0.3 is 9.84 Å². The van der Waals surface area contributed by atoms with E-state index < -0.39 is 0 Å². The van der Waals surface area contributed by atoms with E-state index in [1.54, 1.807) is 0 Å². The highest BCUT2D eigenvalue weighted by Crippen LogP contribution is 2.10. The lowest BCUT2D eigenvalue weighted by Gasteiger charge is -2.07. The third-order valence-electron chi connectivity index (χ3n) is 4.27. The molecule has 0 heterocycles. The zero-order valence-corrected chi connectivity index (χ0v) is 17.8. The summed E-state index contributed by atoms with van der Waals surface area (Å²) < 4.78 is 5.06. The van der Waals surface area contributed by atoms with Crippen LogP contribution in [0.5, 0.6) is 0 Å². The molecule has 0 aromatic heterocycles. The van der Waals surface area contributed by atoms with Gasteiger partial charge in [0, 0.05) is 6.42 Å². The number of rotatable bonds is 18. The number of unbranched alkanes of at least 4 members (excludes halogenated alkanes) is 11. The van der Waals surface area contributed by atoms with Gasteiger partial charge >= 0.3 is 5.97 Å². The van der Waals surface area contributed by atoms with Gasteiger partial charge in [-0.3, -0.25) is 4.79 Å². The molecule has 0 bridgehead atoms. The highest BCUT2D eigenvalue weighted by atomic mass is 79.9. The summed E-state index contributed by atoms with van der Waals surface area (Å²) in [5.74, 6) is -0.157. The third kappa shape index (κ3) is 19.8. The summed E-state index contributed by atoms with van der Waals surface area (Å²) in [6.45, 7) is 2.50. The summed E-state index contributed by atoms with van der Waals surface area (Å²) in [4.78, 5) is 11.3. The fourth-order valence-corrected chi connectivity index (χ4v) is 2.78. The maximum atomic E-state index is 11.5. The van der Waals surface area contributed by atoms with E-state index in [0.29, 0.717) is 6.42 Å². The van der Waals surface area contributed by atoms with E-state index in [4.69, 9.17) is 9.84 Å². The molecule has 1 unspecified atom stereocenters. The molecule has 0 amide bonds. The summed E-state index contributed by atoms with van der Waals surface area (Å²) >= 11 is 3.22. The van der Waals surface area contributed by atoms with Gasteiger partial charge in [0.1, 0.15) is 6.61 Å². The number of aliphatic hydroxyl groups excluding tert-OH is 1. The number of hydrogen-bond donors (Lipinski definition) is 1. The number of halogens is 1. The van der Waals surface area contributed by atoms with Crippen molar-refractivity contribution in [2.45, 2.75) is 102 Å². The second-order valence-electron chi connectivity index (χ2n) is 6.80. The Balaban J connectivity index is 3.22. The van der Waals surface area contributed by atoms with Crippen molar-refractivity contribution in [3.8, 4) is 0 Å². The van der Waals surface area contributed by atoms with Crippen LogP contribution in [-0.2, 0) is 9.53 Å². The Morgan fingerprint density at radius 2 is 1.44 bits per heavy atom. The first-order valence-corrected chi connectivity index (χ1v) is 11.2. The third-order valence-corrected chi connectivity index (χ3v) is 4.82. The minimum absolute atomic E-state index is 0.0132. The molecule has 0 aliphatic carbocycles. The fraction of sp³-hybridized carbons (Fsp3) is 0.857. The highest BCUT2D eigenvalue weighted by Gasteiger charge is 2.07. The van der Waals surface area contributed by atoms with Crippen LogP contribution in [0, 0.1) is 0 Å². The van der Waals surface area contributed by atoms with Crippen molar-refractivity contribution in [3.63, 3.8) is 0 Å². The van der Waals surface area contributed by atoms with Gasteiger partial charge in [0.2, 0.25) is 0 Å². The normalized spacial score (nSPS) is 12.6. The number of alkyl halides is 1. The molecule has 0 aromatic rings. The molecule has 0 spiro atoms. The number of hydrogen-bond acceptors (Lipinski definition) is 3. The van der Waals surface area contributed by atoms with Crippen molar-refractivity contribution in [2.75, 3.05) is 13.2 Å². The first-order valence-electron chi connectivity index (χ1n) is 10.3. The highest BCUT2D eigenvalue weighted by molar-refractivity contribution is 9.09. The van der Waals surface area contributed by atoms with Crippen LogP contribution in [0.1, 0.15) is 96.8 Å². The number of carbonyl (C=O) groups excluding carboxylic acids is 1. The lowest BCUT2D eigenvalue weighted by molar-refractivity contribution is -0.143. The van der Waals surface area contributed by atoms with Crippen molar-refractivity contribution < 1.29 is 14.6 Å². The van der Waals surface area contributed by atoms with E-state index >= 15 is 0 Å². The second-order valence-corrected chi connectivity index (χ2v) is 8.09. The second kappa shape index (κ2) is 20.0. The van der Waals surface area contributed by atoms with Crippen LogP contribution in [0.3, 0.4) is 0 Å². The van der Waals surface area contributed by atoms with Crippen LogP contribution in [-0.4, -0.2) is 29.1 Å². The standard InChI is InChI=1S/C21H39BrO3/c1-2-3-4-5-6-7-8-9-10-11-12-13-14-15-16-17-21(24)25-19-20(22)18-23/h9-10,20,23H,2-8,11-19H2,1H3/b10-9-. The molecule has 0 radical (unpaired) electrons. The van der Waals surface area contributed by atoms with E-state index in [0.717, 1.165) is 12.8 Å². The molecule has 0 fully saturated rings. The Labute approximate surface area is 163 Å². The first kappa shape index (κ1) is 24.7. The number of allylic oxidation sites excluding steroid dienone is 2. The molecule has 0 rings (SSSR count). The molecular weight excluding hydrogens is 380 g/mol. The molecule has 148 valence electrons. The molecule has 0 saturated heterocycles. The minimum atomic E-state index is -0.157. The van der Waals surface area contributed by atoms with Gasteiger partial charge in [-0.05, 0) is 32.1 Å². The number of ether oxygens (including phenoxy) is 1. The van der Waals surface area contributed by atoms with Crippen LogP contribution >= 0.6 is 15.9 Å². The van der Waals surface area contributed by atoms with Gasteiger partial charge in [0.05, 0.1) is 11.4 Å². The van der Waals surface area contributed by atoms with Crippen LogP contribution in [0.4, 0.5) is 0 Å². The van der Waals surface area contributed by atoms with E-state index in [-0.39, 0.29) is 24.0 Å². The summed E-state index contributed by atoms with van der Waals surface area (Å²) in [5, 5.41) is 8.82. The number of carbonyl (C=O) groups is 1. The average molecular weight is 419 g/mol. The number of aliphatic hydroxyl groups is 1. The van der Waals surface area contributed by atoms with Crippen LogP contribution in [0.15, 0.2) is 12.2 Å². The Hall–Kier alpha value is -0.350. The van der Waals surface area contributed by atoms with E-state index in [9.17, 15) is 4.79 Å². The Morgan fingerprint density at radius 1 is 0.920 bits per heavy atom. The topological polar surface area (TPSA) is 46.5 Å². The number of esters is 1. The van der Waals surface area contributed by atoms with Gasteiger partial charge in [0.15, 0.2) is 0 Å². The Morgan fingerprint density at radius 3 is 2.00 bits per heavy atom. The maximum absolute atomic E-state index is 11.5. The van der Waals surface area contributed by atoms with Gasteiger partial charge in [-0.25, -0.2) is 0 Å². The molecule has 25 heavy (non-hydrogen) atoms. The van der Waals surface area contributed by atoms with Crippen LogP contribution in [0.2, 0.25) is 0 Å². The fourth-order valence-electron chi connectivity index (χ4n) is 2.65. The van der Waals surface area contributed by atoms with Gasteiger partial charge in [-0.1, -0.05) is 86.4 Å². The summed E-state index contributed by atoms with van der Waals surface area (Å²) in [6, 6.07) is 0. The molecule has 4 heteroatoms. The SMILES string of the molecule is CCCCCCCC/C=C\CCCCCCCC(=O)OCC(Br)CO. The van der Waals surface area contributed by atoms with Gasteiger partial charge in [0.25, 0.3) is 0 Å². The van der Waals surface area contributed by atoms with Crippen molar-refractivity contribution >= 4 is 21.9 Å². The van der Waals surface area contributed by atoms with Crippen LogP contribution in [0.25, 0.3) is 0 Å². The molecular formula is C21H39BrO3. The van der Waals surface area contributed by atoms with Crippen LogP contribution < -0.4 is 0 Å². The van der Waals surface area contributed by atoms with Crippen molar-refractivity contribution in [3.05, 3.63) is 12.2 Å². The lowest BCUT2D eigenvalue weighted by atomic mass is 10.1. The molecule has 1 atom stereocenters. The largest absolute Gasteiger partial charge is 0.464 e. The summed E-state index contributed by atoms with van der Waals surface area (Å²) in [6.07, 6.45) is 21.5. The molecule has 0 saturated carbocycles. The summed E-state index contributed by atoms with van der Waals surface area (Å²) in [7, 11) is 0. The lowest BCUT2D eigenvalue weighted by Crippen LogP contribution is -2.16. The average Bonchev–Trinajstić information content (AvgIpc) is 2.62. The Bertz CT molecular complexity index is 318. The minimum Gasteiger partial charge on any atom is -0.464 e. The molecule has 0 aromatic carbocycles. The molecule has 1 N–H and O–H groups in total. The van der Waals surface area contributed by atoms with E-state index in [2.05, 4.69) is 35.0 Å². The van der Waals surface area contributed by atoms with E-state index in [1.807, 2.05) is 0 Å². The first-order chi connectivity index (χ1) is 12.2. The predicted octanol–water partition coefficient (Wildman–Crippen LogP) is 6.32. The van der Waals surface area contributed by atoms with Crippen molar-refractivity contribution in [1.82, 2.24) is 0 Å². The molecule has 0 aliphatic rings. The zero-order valence-electron chi connectivity index (χ0n) is 16.2. The van der Waals surface area contributed by atoms with Crippen molar-refractivity contribution in [1.29, 1.82) is 0 Å².